The van der Waals surface area contributed by atoms with Crippen LogP contribution in [0.4, 0.5) is 0 Å². The summed E-state index contributed by atoms with van der Waals surface area (Å²) in [7, 11) is 0. The number of hydrogen-bond donors (Lipinski definition) is 2. The van der Waals surface area contributed by atoms with Crippen molar-refractivity contribution in [3.8, 4) is 0 Å². The summed E-state index contributed by atoms with van der Waals surface area (Å²) in [6, 6.07) is 8.23. The Labute approximate surface area is 128 Å². The van der Waals surface area contributed by atoms with Crippen molar-refractivity contribution in [3.63, 3.8) is 0 Å². The van der Waals surface area contributed by atoms with E-state index in [1.165, 1.54) is 12.8 Å². The second-order valence-corrected chi connectivity index (χ2v) is 6.88. The first-order valence-electron chi connectivity index (χ1n) is 7.59. The number of nitrogens with zero attached hydrogens (tertiary/aromatic N) is 1. The summed E-state index contributed by atoms with van der Waals surface area (Å²) < 4.78 is 1.16. The van der Waals surface area contributed by atoms with Gasteiger partial charge in [0.25, 0.3) is 0 Å². The summed E-state index contributed by atoms with van der Waals surface area (Å²) in [4.78, 5) is 16.6. The highest BCUT2D eigenvalue weighted by molar-refractivity contribution is 7.18. The minimum atomic E-state index is 0.0941. The number of nitrogens with one attached hydrogen (secondary N) is 1. The van der Waals surface area contributed by atoms with Crippen molar-refractivity contribution in [1.29, 1.82) is 0 Å². The fourth-order valence-corrected chi connectivity index (χ4v) is 3.88. The van der Waals surface area contributed by atoms with Crippen molar-refractivity contribution in [1.82, 2.24) is 10.3 Å². The molecule has 0 spiro atoms. The van der Waals surface area contributed by atoms with Crippen LogP contribution in [0.5, 0.6) is 0 Å². The minimum Gasteiger partial charge on any atom is -0.350 e. The van der Waals surface area contributed by atoms with E-state index in [0.717, 1.165) is 28.1 Å². The van der Waals surface area contributed by atoms with E-state index in [9.17, 15) is 4.79 Å². The normalized spacial score (nSPS) is 22.3. The molecular formula is C16H21N3OS. The first-order chi connectivity index (χ1) is 10.2. The molecule has 2 unspecified atom stereocenters. The topological polar surface area (TPSA) is 68.0 Å². The van der Waals surface area contributed by atoms with Crippen LogP contribution in [0, 0.1) is 5.92 Å². The lowest BCUT2D eigenvalue weighted by atomic mass is 9.83. The van der Waals surface area contributed by atoms with Crippen LogP contribution in [0.1, 0.15) is 37.1 Å². The molecule has 1 amide bonds. The number of carbonyl (C=O) groups excluding carboxylic acids is 1. The second kappa shape index (κ2) is 6.54. The molecule has 2 aromatic rings. The SMILES string of the molecule is NC1CCCCC1CC(=O)NCc1nc2ccccc2s1. The van der Waals surface area contributed by atoms with Gasteiger partial charge in [-0.25, -0.2) is 4.98 Å². The molecule has 1 aliphatic rings. The molecule has 3 rings (SSSR count). The van der Waals surface area contributed by atoms with E-state index in [1.807, 2.05) is 18.2 Å². The number of fused-ring (bicyclic) bond motifs is 1. The standard InChI is InChI=1S/C16H21N3OS/c17-12-6-2-1-5-11(12)9-15(20)18-10-16-19-13-7-3-4-8-14(13)21-16/h3-4,7-8,11-12H,1-2,5-6,9-10,17H2,(H,18,20). The van der Waals surface area contributed by atoms with Gasteiger partial charge in [-0.05, 0) is 30.9 Å². The summed E-state index contributed by atoms with van der Waals surface area (Å²) in [5, 5.41) is 3.94. The maximum Gasteiger partial charge on any atom is 0.220 e. The van der Waals surface area contributed by atoms with Crippen LogP contribution in [0.25, 0.3) is 10.2 Å². The largest absolute Gasteiger partial charge is 0.350 e. The molecule has 1 aromatic heterocycles. The number of carbonyl (C=O) groups is 1. The van der Waals surface area contributed by atoms with Crippen molar-refractivity contribution >= 4 is 27.5 Å². The average molecular weight is 303 g/mol. The van der Waals surface area contributed by atoms with Gasteiger partial charge in [0.05, 0.1) is 16.8 Å². The van der Waals surface area contributed by atoms with Crippen molar-refractivity contribution in [2.45, 2.75) is 44.7 Å². The Morgan fingerprint density at radius 1 is 1.33 bits per heavy atom. The maximum atomic E-state index is 12.1. The Morgan fingerprint density at radius 2 is 2.14 bits per heavy atom. The van der Waals surface area contributed by atoms with Gasteiger partial charge in [0.15, 0.2) is 0 Å². The van der Waals surface area contributed by atoms with E-state index in [4.69, 9.17) is 5.73 Å². The molecule has 1 fully saturated rings. The second-order valence-electron chi connectivity index (χ2n) is 5.76. The van der Waals surface area contributed by atoms with Gasteiger partial charge in [-0.3, -0.25) is 4.79 Å². The van der Waals surface area contributed by atoms with Crippen LogP contribution in [0.3, 0.4) is 0 Å². The fraction of sp³-hybridized carbons (Fsp3) is 0.500. The molecule has 21 heavy (non-hydrogen) atoms. The van der Waals surface area contributed by atoms with Gasteiger partial charge in [0.2, 0.25) is 5.91 Å². The molecular weight excluding hydrogens is 282 g/mol. The summed E-state index contributed by atoms with van der Waals surface area (Å²) in [6.45, 7) is 0.514. The number of rotatable bonds is 4. The third-order valence-corrected chi connectivity index (χ3v) is 5.23. The molecule has 0 saturated heterocycles. The number of para-hydroxylation sites is 1. The summed E-state index contributed by atoms with van der Waals surface area (Å²) in [6.07, 6.45) is 5.08. The van der Waals surface area contributed by atoms with Gasteiger partial charge >= 0.3 is 0 Å². The third kappa shape index (κ3) is 3.60. The molecule has 4 nitrogen and oxygen atoms in total. The fourth-order valence-electron chi connectivity index (χ4n) is 2.97. The predicted molar refractivity (Wildman–Crippen MR) is 86.0 cm³/mol. The molecule has 3 N–H and O–H groups in total. The predicted octanol–water partition coefficient (Wildman–Crippen LogP) is 2.82. The monoisotopic (exact) mass is 303 g/mol. The third-order valence-electron chi connectivity index (χ3n) is 4.19. The average Bonchev–Trinajstić information content (AvgIpc) is 2.90. The van der Waals surface area contributed by atoms with E-state index < -0.39 is 0 Å². The van der Waals surface area contributed by atoms with Gasteiger partial charge in [-0.2, -0.15) is 0 Å². The lowest BCUT2D eigenvalue weighted by molar-refractivity contribution is -0.122. The summed E-state index contributed by atoms with van der Waals surface area (Å²) >= 11 is 1.64. The van der Waals surface area contributed by atoms with Gasteiger partial charge in [0, 0.05) is 12.5 Å². The molecule has 112 valence electrons. The van der Waals surface area contributed by atoms with Crippen molar-refractivity contribution in [2.24, 2.45) is 11.7 Å². The molecule has 5 heteroatoms. The van der Waals surface area contributed by atoms with E-state index in [2.05, 4.69) is 16.4 Å². The van der Waals surface area contributed by atoms with Crippen LogP contribution >= 0.6 is 11.3 Å². The molecule has 0 bridgehead atoms. The highest BCUT2D eigenvalue weighted by atomic mass is 32.1. The summed E-state index contributed by atoms with van der Waals surface area (Å²) in [5.41, 5.74) is 7.10. The highest BCUT2D eigenvalue weighted by Gasteiger charge is 2.24. The van der Waals surface area contributed by atoms with Crippen LogP contribution in [0.15, 0.2) is 24.3 Å². The van der Waals surface area contributed by atoms with Crippen molar-refractivity contribution < 1.29 is 4.79 Å². The number of benzene rings is 1. The maximum absolute atomic E-state index is 12.1. The molecule has 1 aliphatic carbocycles. The van der Waals surface area contributed by atoms with E-state index in [0.29, 0.717) is 18.9 Å². The number of hydrogen-bond acceptors (Lipinski definition) is 4. The van der Waals surface area contributed by atoms with E-state index in [-0.39, 0.29) is 11.9 Å². The zero-order chi connectivity index (χ0) is 14.7. The quantitative estimate of drug-likeness (QED) is 0.912. The zero-order valence-electron chi connectivity index (χ0n) is 12.0. The number of amides is 1. The molecule has 1 saturated carbocycles. The van der Waals surface area contributed by atoms with Gasteiger partial charge < -0.3 is 11.1 Å². The Morgan fingerprint density at radius 3 is 2.95 bits per heavy atom. The van der Waals surface area contributed by atoms with Crippen molar-refractivity contribution in [2.75, 3.05) is 0 Å². The van der Waals surface area contributed by atoms with E-state index >= 15 is 0 Å². The molecule has 1 heterocycles. The van der Waals surface area contributed by atoms with Crippen LogP contribution in [0.2, 0.25) is 0 Å². The van der Waals surface area contributed by atoms with Gasteiger partial charge in [0.1, 0.15) is 5.01 Å². The number of nitrogens with two attached hydrogens (primary N) is 1. The highest BCUT2D eigenvalue weighted by Crippen LogP contribution is 2.26. The first kappa shape index (κ1) is 14.5. The van der Waals surface area contributed by atoms with Gasteiger partial charge in [-0.1, -0.05) is 25.0 Å². The molecule has 2 atom stereocenters. The molecule has 1 aromatic carbocycles. The Bertz CT molecular complexity index is 592. The number of thiazole rings is 1. The van der Waals surface area contributed by atoms with Gasteiger partial charge in [-0.15, -0.1) is 11.3 Å². The van der Waals surface area contributed by atoms with E-state index in [1.54, 1.807) is 11.3 Å². The Kier molecular flexibility index (Phi) is 4.51. The van der Waals surface area contributed by atoms with Crippen molar-refractivity contribution in [3.05, 3.63) is 29.3 Å². The minimum absolute atomic E-state index is 0.0941. The lowest BCUT2D eigenvalue weighted by Crippen LogP contribution is -2.36. The lowest BCUT2D eigenvalue weighted by Gasteiger charge is -2.27. The smallest absolute Gasteiger partial charge is 0.220 e. The molecule has 0 aliphatic heterocycles. The number of aromatic nitrogens is 1. The van der Waals surface area contributed by atoms with Crippen LogP contribution in [-0.4, -0.2) is 16.9 Å². The summed E-state index contributed by atoms with van der Waals surface area (Å²) in [5.74, 6) is 0.436. The van der Waals surface area contributed by atoms with Crippen LogP contribution in [-0.2, 0) is 11.3 Å². The molecule has 0 radical (unpaired) electrons. The zero-order valence-corrected chi connectivity index (χ0v) is 12.9. The first-order valence-corrected chi connectivity index (χ1v) is 8.41. The van der Waals surface area contributed by atoms with Crippen LogP contribution < -0.4 is 11.1 Å². The Hall–Kier alpha value is -1.46. The Balaban J connectivity index is 1.53.